The second kappa shape index (κ2) is 11.5. The van der Waals surface area contributed by atoms with Crippen LogP contribution in [0.25, 0.3) is 11.1 Å². The van der Waals surface area contributed by atoms with Crippen molar-refractivity contribution in [1.29, 1.82) is 0 Å². The van der Waals surface area contributed by atoms with Crippen LogP contribution in [-0.2, 0) is 6.42 Å². The van der Waals surface area contributed by atoms with Crippen LogP contribution < -0.4 is 21.3 Å². The first-order valence-electron chi connectivity index (χ1n) is 11.4. The first kappa shape index (κ1) is 26.2. The highest BCUT2D eigenvalue weighted by atomic mass is 35.5. The normalized spacial score (nSPS) is 11.8. The Morgan fingerprint density at radius 2 is 1.95 bits per heavy atom. The molecule has 37 heavy (non-hydrogen) atoms. The van der Waals surface area contributed by atoms with Crippen molar-refractivity contribution in [2.24, 2.45) is 0 Å². The maximum absolute atomic E-state index is 13.9. The van der Waals surface area contributed by atoms with Gasteiger partial charge in [0.2, 0.25) is 0 Å². The van der Waals surface area contributed by atoms with Gasteiger partial charge >= 0.3 is 0 Å². The molecule has 5 N–H and O–H groups in total. The summed E-state index contributed by atoms with van der Waals surface area (Å²) < 4.78 is 19.9. The van der Waals surface area contributed by atoms with E-state index in [9.17, 15) is 14.0 Å². The molecule has 1 atom stereocenters. The number of H-pyrrole nitrogens is 2. The lowest BCUT2D eigenvalue weighted by Gasteiger charge is -2.19. The molecule has 0 fully saturated rings. The summed E-state index contributed by atoms with van der Waals surface area (Å²) in [7, 11) is 0. The summed E-state index contributed by atoms with van der Waals surface area (Å²) in [6.45, 7) is 2.12. The average Bonchev–Trinajstić information content (AvgIpc) is 3.30. The molecule has 11 heteroatoms. The minimum Gasteiger partial charge on any atom is -0.482 e. The standard InChI is InChI=1S/C26H24Cl2FN5O3/c1-14(22-19(27)8-9-20(29)23(22)28)37-21-11-18(12-32-24(21)30)15-4-6-16(7-5-15)25(35)31-10-2-3-17-13-33-34-26(17)36/h4-9,11-14H,2-3,10H2,1H3,(H2,30,32)(H,31,35)(H2,33,34,36). The van der Waals surface area contributed by atoms with Gasteiger partial charge < -0.3 is 20.9 Å². The van der Waals surface area contributed by atoms with Gasteiger partial charge in [-0.1, -0.05) is 35.3 Å². The van der Waals surface area contributed by atoms with E-state index in [4.69, 9.17) is 33.7 Å². The van der Waals surface area contributed by atoms with Gasteiger partial charge in [0.1, 0.15) is 11.9 Å². The minimum atomic E-state index is -0.697. The Morgan fingerprint density at radius 3 is 2.65 bits per heavy atom. The third-order valence-electron chi connectivity index (χ3n) is 5.78. The number of nitrogen functional groups attached to an aromatic ring is 1. The lowest BCUT2D eigenvalue weighted by atomic mass is 10.0. The molecule has 0 aliphatic rings. The Kier molecular flexibility index (Phi) is 8.15. The van der Waals surface area contributed by atoms with E-state index in [1.165, 1.54) is 12.1 Å². The maximum atomic E-state index is 13.9. The number of nitrogens with two attached hydrogens (primary N) is 1. The van der Waals surface area contributed by atoms with Gasteiger partial charge in [0.15, 0.2) is 11.6 Å². The number of nitrogens with zero attached hydrogens (tertiary/aromatic N) is 1. The summed E-state index contributed by atoms with van der Waals surface area (Å²) in [6.07, 6.45) is 3.71. The number of aromatic amines is 2. The molecule has 0 aliphatic heterocycles. The molecule has 0 aliphatic carbocycles. The second-order valence-corrected chi connectivity index (χ2v) is 9.11. The minimum absolute atomic E-state index is 0.116. The zero-order valence-corrected chi connectivity index (χ0v) is 21.3. The molecular weight excluding hydrogens is 520 g/mol. The topological polar surface area (TPSA) is 126 Å². The molecule has 2 heterocycles. The van der Waals surface area contributed by atoms with Gasteiger partial charge in [0, 0.05) is 46.2 Å². The number of pyridine rings is 1. The van der Waals surface area contributed by atoms with Crippen LogP contribution in [0.2, 0.25) is 10.0 Å². The van der Waals surface area contributed by atoms with Gasteiger partial charge in [-0.3, -0.25) is 14.7 Å². The fourth-order valence-corrected chi connectivity index (χ4v) is 4.47. The second-order valence-electron chi connectivity index (χ2n) is 8.33. The Labute approximate surface area is 222 Å². The number of hydrogen-bond donors (Lipinski definition) is 4. The summed E-state index contributed by atoms with van der Waals surface area (Å²) in [6, 6.07) is 11.3. The van der Waals surface area contributed by atoms with Gasteiger partial charge in [0.25, 0.3) is 11.5 Å². The number of anilines is 1. The third kappa shape index (κ3) is 6.12. The van der Waals surface area contributed by atoms with Crippen LogP contribution in [0, 0.1) is 5.82 Å². The zero-order valence-electron chi connectivity index (χ0n) is 19.8. The van der Waals surface area contributed by atoms with Crippen LogP contribution in [0.4, 0.5) is 10.2 Å². The molecule has 0 saturated carbocycles. The first-order valence-corrected chi connectivity index (χ1v) is 12.2. The highest BCUT2D eigenvalue weighted by Crippen LogP contribution is 2.37. The van der Waals surface area contributed by atoms with Crippen molar-refractivity contribution in [2.75, 3.05) is 12.3 Å². The van der Waals surface area contributed by atoms with E-state index >= 15 is 0 Å². The summed E-state index contributed by atoms with van der Waals surface area (Å²) >= 11 is 12.3. The highest BCUT2D eigenvalue weighted by Gasteiger charge is 2.20. The van der Waals surface area contributed by atoms with Crippen molar-refractivity contribution in [3.05, 3.63) is 97.8 Å². The Morgan fingerprint density at radius 1 is 1.19 bits per heavy atom. The molecule has 0 saturated heterocycles. The highest BCUT2D eigenvalue weighted by molar-refractivity contribution is 6.36. The number of rotatable bonds is 9. The lowest BCUT2D eigenvalue weighted by Crippen LogP contribution is -2.25. The summed E-state index contributed by atoms with van der Waals surface area (Å²) in [5, 5.41) is 8.14. The average molecular weight is 544 g/mol. The van der Waals surface area contributed by atoms with Crippen molar-refractivity contribution in [1.82, 2.24) is 20.5 Å². The Bertz CT molecular complexity index is 1470. The van der Waals surface area contributed by atoms with Gasteiger partial charge in [-0.15, -0.1) is 0 Å². The number of benzene rings is 2. The molecular formula is C26H24Cl2FN5O3. The van der Waals surface area contributed by atoms with E-state index in [1.807, 2.05) is 0 Å². The Balaban J connectivity index is 1.41. The summed E-state index contributed by atoms with van der Waals surface area (Å²) in [5.74, 6) is -0.385. The molecule has 4 rings (SSSR count). The van der Waals surface area contributed by atoms with Crippen LogP contribution >= 0.6 is 23.2 Å². The van der Waals surface area contributed by atoms with E-state index < -0.39 is 11.9 Å². The molecule has 2 aromatic heterocycles. The van der Waals surface area contributed by atoms with Crippen LogP contribution in [0.5, 0.6) is 5.75 Å². The number of carbonyl (C=O) groups excluding carboxylic acids is 1. The maximum Gasteiger partial charge on any atom is 0.267 e. The van der Waals surface area contributed by atoms with Crippen LogP contribution in [0.15, 0.2) is 59.7 Å². The predicted octanol–water partition coefficient (Wildman–Crippen LogP) is 5.30. The lowest BCUT2D eigenvalue weighted by molar-refractivity contribution is 0.0953. The van der Waals surface area contributed by atoms with Crippen molar-refractivity contribution in [2.45, 2.75) is 25.9 Å². The number of hydrogen-bond acceptors (Lipinski definition) is 5. The zero-order chi connectivity index (χ0) is 26.5. The first-order chi connectivity index (χ1) is 17.7. The monoisotopic (exact) mass is 543 g/mol. The number of aromatic nitrogens is 3. The van der Waals surface area contributed by atoms with Gasteiger partial charge in [-0.25, -0.2) is 9.37 Å². The number of aryl methyl sites for hydroxylation is 1. The van der Waals surface area contributed by atoms with E-state index in [2.05, 4.69) is 20.5 Å². The van der Waals surface area contributed by atoms with Gasteiger partial charge in [-0.2, -0.15) is 0 Å². The fourth-order valence-electron chi connectivity index (χ4n) is 3.79. The SMILES string of the molecule is CC(Oc1cc(-c2ccc(C(=O)NCCCc3c[nH][nH]c3=O)cc2)cnc1N)c1c(Cl)ccc(F)c1Cl. The third-order valence-corrected chi connectivity index (χ3v) is 6.50. The molecule has 192 valence electrons. The van der Waals surface area contributed by atoms with Gasteiger partial charge in [-0.05, 0) is 55.7 Å². The molecule has 1 amide bonds. The van der Waals surface area contributed by atoms with E-state index in [0.29, 0.717) is 41.6 Å². The summed E-state index contributed by atoms with van der Waals surface area (Å²) in [5.41, 5.74) is 8.80. The molecule has 1 unspecified atom stereocenters. The number of ether oxygens (including phenoxy) is 1. The van der Waals surface area contributed by atoms with E-state index in [-0.39, 0.29) is 33.1 Å². The molecule has 8 nitrogen and oxygen atoms in total. The van der Waals surface area contributed by atoms with Crippen molar-refractivity contribution >= 4 is 34.9 Å². The predicted molar refractivity (Wildman–Crippen MR) is 142 cm³/mol. The molecule has 0 radical (unpaired) electrons. The van der Waals surface area contributed by atoms with Crippen LogP contribution in [0.3, 0.4) is 0 Å². The van der Waals surface area contributed by atoms with Crippen LogP contribution in [-0.4, -0.2) is 27.6 Å². The molecule has 4 aromatic rings. The Hall–Kier alpha value is -3.82. The number of carbonyl (C=O) groups is 1. The number of halogens is 3. The molecule has 0 spiro atoms. The molecule has 2 aromatic carbocycles. The van der Waals surface area contributed by atoms with E-state index in [0.717, 1.165) is 5.56 Å². The van der Waals surface area contributed by atoms with Crippen molar-refractivity contribution in [3.63, 3.8) is 0 Å². The molecule has 0 bridgehead atoms. The van der Waals surface area contributed by atoms with Crippen LogP contribution in [0.1, 0.15) is 40.9 Å². The van der Waals surface area contributed by atoms with Crippen molar-refractivity contribution in [3.8, 4) is 16.9 Å². The smallest absolute Gasteiger partial charge is 0.267 e. The largest absolute Gasteiger partial charge is 0.482 e. The van der Waals surface area contributed by atoms with E-state index in [1.54, 1.807) is 49.6 Å². The fraction of sp³-hybridized carbons (Fsp3) is 0.192. The quantitative estimate of drug-likeness (QED) is 0.168. The number of nitrogens with one attached hydrogen (secondary N) is 3. The van der Waals surface area contributed by atoms with Gasteiger partial charge in [0.05, 0.1) is 5.02 Å². The van der Waals surface area contributed by atoms with Crippen molar-refractivity contribution < 1.29 is 13.9 Å². The summed E-state index contributed by atoms with van der Waals surface area (Å²) in [4.78, 5) is 28.2. The number of amides is 1.